The Bertz CT molecular complexity index is 1280. The van der Waals surface area contributed by atoms with E-state index in [-0.39, 0.29) is 11.8 Å². The van der Waals surface area contributed by atoms with E-state index in [1.165, 1.54) is 0 Å². The third-order valence-electron chi connectivity index (χ3n) is 6.09. The van der Waals surface area contributed by atoms with Crippen molar-refractivity contribution < 1.29 is 4.79 Å². The second kappa shape index (κ2) is 8.39. The number of amides is 1. The summed E-state index contributed by atoms with van der Waals surface area (Å²) in [6.45, 7) is 7.71. The van der Waals surface area contributed by atoms with Gasteiger partial charge in [0, 0.05) is 18.8 Å². The van der Waals surface area contributed by atoms with E-state index in [2.05, 4.69) is 22.3 Å². The lowest BCUT2D eigenvalue weighted by atomic mass is 9.97. The van der Waals surface area contributed by atoms with Gasteiger partial charge in [-0.1, -0.05) is 41.7 Å². The van der Waals surface area contributed by atoms with Crippen molar-refractivity contribution in [3.8, 4) is 5.69 Å². The molecule has 7 heteroatoms. The standard InChI is InChI=1S/C25H27N5OS/c1-16-11-12-17(2)21(14-16)26-24(31)19-8-7-13-29(15-19)25-27-23-22(32-25)18(3)28-30(23)20-9-5-4-6-10-20/h4-6,9-12,14,19H,7-8,13,15H2,1-3H3,(H,26,31). The van der Waals surface area contributed by atoms with Crippen LogP contribution in [0.4, 0.5) is 10.8 Å². The maximum absolute atomic E-state index is 13.1. The summed E-state index contributed by atoms with van der Waals surface area (Å²) in [5.41, 5.74) is 6.01. The van der Waals surface area contributed by atoms with Crippen LogP contribution in [0.1, 0.15) is 29.7 Å². The molecule has 0 aliphatic carbocycles. The highest BCUT2D eigenvalue weighted by Crippen LogP contribution is 2.34. The lowest BCUT2D eigenvalue weighted by molar-refractivity contribution is -0.120. The molecule has 1 fully saturated rings. The van der Waals surface area contributed by atoms with E-state index in [1.54, 1.807) is 11.3 Å². The van der Waals surface area contributed by atoms with Gasteiger partial charge >= 0.3 is 0 Å². The number of benzene rings is 2. The van der Waals surface area contributed by atoms with Gasteiger partial charge in [0.1, 0.15) is 0 Å². The van der Waals surface area contributed by atoms with E-state index in [1.807, 2.05) is 61.9 Å². The predicted molar refractivity (Wildman–Crippen MR) is 131 cm³/mol. The number of fused-ring (bicyclic) bond motifs is 1. The van der Waals surface area contributed by atoms with Crippen molar-refractivity contribution in [3.63, 3.8) is 0 Å². The van der Waals surface area contributed by atoms with Gasteiger partial charge in [-0.15, -0.1) is 0 Å². The second-order valence-corrected chi connectivity index (χ2v) is 9.55. The number of carbonyl (C=O) groups excluding carboxylic acids is 1. The van der Waals surface area contributed by atoms with Crippen LogP contribution < -0.4 is 10.2 Å². The number of nitrogens with zero attached hydrogens (tertiary/aromatic N) is 4. The Morgan fingerprint density at radius 1 is 1.12 bits per heavy atom. The summed E-state index contributed by atoms with van der Waals surface area (Å²) in [7, 11) is 0. The van der Waals surface area contributed by atoms with Gasteiger partial charge in [-0.05, 0) is 62.9 Å². The Morgan fingerprint density at radius 3 is 2.75 bits per heavy atom. The van der Waals surface area contributed by atoms with Gasteiger partial charge in [0.2, 0.25) is 5.91 Å². The summed E-state index contributed by atoms with van der Waals surface area (Å²) >= 11 is 1.67. The minimum atomic E-state index is -0.0533. The molecule has 1 unspecified atom stereocenters. The van der Waals surface area contributed by atoms with Crippen molar-refractivity contribution >= 4 is 38.4 Å². The molecule has 0 saturated carbocycles. The molecule has 1 aliphatic rings. The van der Waals surface area contributed by atoms with Gasteiger partial charge in [0.25, 0.3) is 0 Å². The van der Waals surface area contributed by atoms with E-state index in [0.29, 0.717) is 6.54 Å². The number of thiazole rings is 1. The molecule has 2 aromatic carbocycles. The zero-order valence-electron chi connectivity index (χ0n) is 18.6. The molecule has 1 atom stereocenters. The first-order valence-corrected chi connectivity index (χ1v) is 11.9. The first-order chi connectivity index (χ1) is 15.5. The molecule has 6 nitrogen and oxygen atoms in total. The van der Waals surface area contributed by atoms with Crippen LogP contribution >= 0.6 is 11.3 Å². The summed E-state index contributed by atoms with van der Waals surface area (Å²) in [5, 5.41) is 8.82. The minimum absolute atomic E-state index is 0.0533. The van der Waals surface area contributed by atoms with Crippen LogP contribution in [0.3, 0.4) is 0 Å². The molecular formula is C25H27N5OS. The van der Waals surface area contributed by atoms with Gasteiger partial charge in [-0.2, -0.15) is 10.1 Å². The molecule has 4 aromatic rings. The maximum Gasteiger partial charge on any atom is 0.229 e. The maximum atomic E-state index is 13.1. The fraction of sp³-hybridized carbons (Fsp3) is 0.320. The monoisotopic (exact) mass is 445 g/mol. The van der Waals surface area contributed by atoms with Crippen LogP contribution in [0.5, 0.6) is 0 Å². The molecule has 1 aliphatic heterocycles. The number of aromatic nitrogens is 3. The molecule has 32 heavy (non-hydrogen) atoms. The molecule has 2 aromatic heterocycles. The molecule has 164 valence electrons. The van der Waals surface area contributed by atoms with Crippen LogP contribution in [0.2, 0.25) is 0 Å². The van der Waals surface area contributed by atoms with Gasteiger partial charge in [-0.3, -0.25) is 4.79 Å². The molecule has 1 amide bonds. The predicted octanol–water partition coefficient (Wildman–Crippen LogP) is 5.26. The fourth-order valence-electron chi connectivity index (χ4n) is 4.28. The van der Waals surface area contributed by atoms with Crippen molar-refractivity contribution in [1.29, 1.82) is 0 Å². The summed E-state index contributed by atoms with van der Waals surface area (Å²) in [6, 6.07) is 16.3. The zero-order valence-corrected chi connectivity index (χ0v) is 19.4. The van der Waals surface area contributed by atoms with Crippen LogP contribution in [0, 0.1) is 26.7 Å². The molecule has 0 radical (unpaired) electrons. The van der Waals surface area contributed by atoms with Crippen molar-refractivity contribution in [2.45, 2.75) is 33.6 Å². The summed E-state index contributed by atoms with van der Waals surface area (Å²) < 4.78 is 3.02. The Kier molecular flexibility index (Phi) is 5.43. The van der Waals surface area contributed by atoms with Gasteiger partial charge in [0.15, 0.2) is 10.8 Å². The summed E-state index contributed by atoms with van der Waals surface area (Å²) in [6.07, 6.45) is 1.87. The molecule has 0 spiro atoms. The van der Waals surface area contributed by atoms with Crippen LogP contribution in [-0.2, 0) is 4.79 Å². The van der Waals surface area contributed by atoms with E-state index in [9.17, 15) is 4.79 Å². The number of rotatable bonds is 4. The first-order valence-electron chi connectivity index (χ1n) is 11.0. The minimum Gasteiger partial charge on any atom is -0.347 e. The average molecular weight is 446 g/mol. The van der Waals surface area contributed by atoms with Crippen molar-refractivity contribution in [3.05, 3.63) is 65.4 Å². The third kappa shape index (κ3) is 3.88. The lowest BCUT2D eigenvalue weighted by Crippen LogP contribution is -2.40. The third-order valence-corrected chi connectivity index (χ3v) is 7.31. The SMILES string of the molecule is Cc1ccc(C)c(NC(=O)C2CCCN(c3nc4c(s3)c(C)nn4-c3ccccc3)C2)c1. The smallest absolute Gasteiger partial charge is 0.229 e. The Balaban J connectivity index is 1.37. The molecule has 1 N–H and O–H groups in total. The van der Waals surface area contributed by atoms with E-state index in [0.717, 1.165) is 63.1 Å². The van der Waals surface area contributed by atoms with E-state index >= 15 is 0 Å². The highest BCUT2D eigenvalue weighted by atomic mass is 32.1. The second-order valence-electron chi connectivity index (χ2n) is 8.57. The lowest BCUT2D eigenvalue weighted by Gasteiger charge is -2.31. The number of anilines is 2. The Labute approximate surface area is 191 Å². The van der Waals surface area contributed by atoms with Crippen molar-refractivity contribution in [1.82, 2.24) is 14.8 Å². The number of hydrogen-bond acceptors (Lipinski definition) is 5. The molecule has 0 bridgehead atoms. The van der Waals surface area contributed by atoms with E-state index in [4.69, 9.17) is 10.1 Å². The number of aryl methyl sites for hydroxylation is 3. The number of hydrogen-bond donors (Lipinski definition) is 1. The van der Waals surface area contributed by atoms with Gasteiger partial charge in [-0.25, -0.2) is 4.68 Å². The highest BCUT2D eigenvalue weighted by molar-refractivity contribution is 7.22. The van der Waals surface area contributed by atoms with Crippen molar-refractivity contribution in [2.24, 2.45) is 5.92 Å². The number of piperidine rings is 1. The molecular weight excluding hydrogens is 418 g/mol. The largest absolute Gasteiger partial charge is 0.347 e. The topological polar surface area (TPSA) is 63.1 Å². The molecule has 3 heterocycles. The average Bonchev–Trinajstić information content (AvgIpc) is 3.37. The number of carbonyl (C=O) groups is 1. The van der Waals surface area contributed by atoms with E-state index < -0.39 is 0 Å². The van der Waals surface area contributed by atoms with Gasteiger partial charge in [0.05, 0.1) is 22.0 Å². The zero-order chi connectivity index (χ0) is 22.2. The summed E-state index contributed by atoms with van der Waals surface area (Å²) in [5.74, 6) is 0.0403. The van der Waals surface area contributed by atoms with Crippen LogP contribution in [0.15, 0.2) is 48.5 Å². The van der Waals surface area contributed by atoms with Gasteiger partial charge < -0.3 is 10.2 Å². The van der Waals surface area contributed by atoms with Crippen LogP contribution in [0.25, 0.3) is 16.0 Å². The molecule has 5 rings (SSSR count). The highest BCUT2D eigenvalue weighted by Gasteiger charge is 2.28. The van der Waals surface area contributed by atoms with Crippen molar-refractivity contribution in [2.75, 3.05) is 23.3 Å². The Hall–Kier alpha value is -3.19. The summed E-state index contributed by atoms with van der Waals surface area (Å²) in [4.78, 5) is 20.3. The normalized spacial score (nSPS) is 16.5. The quantitative estimate of drug-likeness (QED) is 0.465. The van der Waals surface area contributed by atoms with Crippen LogP contribution in [-0.4, -0.2) is 33.8 Å². The Morgan fingerprint density at radius 2 is 1.94 bits per heavy atom. The molecule has 1 saturated heterocycles. The number of para-hydroxylation sites is 1. The number of nitrogens with one attached hydrogen (secondary N) is 1. The first kappa shape index (κ1) is 20.7. The fourth-order valence-corrected chi connectivity index (χ4v) is 5.30.